The summed E-state index contributed by atoms with van der Waals surface area (Å²) in [4.78, 5) is 4.35. The summed E-state index contributed by atoms with van der Waals surface area (Å²) >= 11 is 0. The molecule has 0 radical (unpaired) electrons. The SMILES string of the molecule is Cc1ccc(F)c(-c2nc(C(C)C)n(N)c2N)c1. The second-order valence-electron chi connectivity index (χ2n) is 4.71. The average Bonchev–Trinajstić information content (AvgIpc) is 2.60. The minimum atomic E-state index is -0.347. The first-order chi connectivity index (χ1) is 8.41. The number of nitrogens with zero attached hydrogens (tertiary/aromatic N) is 2. The number of nitrogens with two attached hydrogens (primary N) is 2. The first-order valence-electron chi connectivity index (χ1n) is 5.81. The number of halogens is 1. The fraction of sp³-hybridized carbons (Fsp3) is 0.308. The van der Waals surface area contributed by atoms with Gasteiger partial charge in [0.2, 0.25) is 0 Å². The van der Waals surface area contributed by atoms with Crippen molar-refractivity contribution in [3.05, 3.63) is 35.4 Å². The van der Waals surface area contributed by atoms with Crippen LogP contribution in [-0.4, -0.2) is 9.66 Å². The molecule has 4 N–H and O–H groups in total. The Hall–Kier alpha value is -2.04. The summed E-state index contributed by atoms with van der Waals surface area (Å²) in [6.45, 7) is 5.81. The molecule has 0 bridgehead atoms. The standard InChI is InChI=1S/C13H17FN4/c1-7(2)13-17-11(12(15)18(13)16)9-6-8(3)4-5-10(9)14/h4-7H,15-16H2,1-3H3. The Morgan fingerprint density at radius 1 is 1.33 bits per heavy atom. The highest BCUT2D eigenvalue weighted by Gasteiger charge is 2.19. The van der Waals surface area contributed by atoms with Gasteiger partial charge in [-0.15, -0.1) is 0 Å². The summed E-state index contributed by atoms with van der Waals surface area (Å²) in [6.07, 6.45) is 0. The number of imidazole rings is 1. The molecule has 0 spiro atoms. The van der Waals surface area contributed by atoms with Crippen molar-refractivity contribution < 1.29 is 4.39 Å². The molecule has 4 nitrogen and oxygen atoms in total. The highest BCUT2D eigenvalue weighted by atomic mass is 19.1. The van der Waals surface area contributed by atoms with E-state index >= 15 is 0 Å². The Morgan fingerprint density at radius 3 is 2.56 bits per heavy atom. The molecule has 1 aromatic carbocycles. The van der Waals surface area contributed by atoms with Gasteiger partial charge in [0.05, 0.1) is 0 Å². The molecule has 0 aliphatic heterocycles. The molecule has 0 amide bonds. The van der Waals surface area contributed by atoms with Crippen LogP contribution in [0, 0.1) is 12.7 Å². The largest absolute Gasteiger partial charge is 0.382 e. The second-order valence-corrected chi connectivity index (χ2v) is 4.71. The number of nitrogen functional groups attached to an aromatic ring is 2. The van der Waals surface area contributed by atoms with Crippen molar-refractivity contribution in [2.75, 3.05) is 11.6 Å². The van der Waals surface area contributed by atoms with Gasteiger partial charge in [0.25, 0.3) is 0 Å². The summed E-state index contributed by atoms with van der Waals surface area (Å²) in [7, 11) is 0. The minimum absolute atomic E-state index is 0.124. The summed E-state index contributed by atoms with van der Waals surface area (Å²) in [6, 6.07) is 4.84. The van der Waals surface area contributed by atoms with Crippen LogP contribution in [0.1, 0.15) is 31.2 Å². The Kier molecular flexibility index (Phi) is 2.98. The first kappa shape index (κ1) is 12.4. The molecule has 0 fully saturated rings. The zero-order valence-corrected chi connectivity index (χ0v) is 10.7. The van der Waals surface area contributed by atoms with Crippen molar-refractivity contribution in [3.8, 4) is 11.3 Å². The zero-order valence-electron chi connectivity index (χ0n) is 10.7. The van der Waals surface area contributed by atoms with E-state index in [2.05, 4.69) is 4.98 Å². The van der Waals surface area contributed by atoms with Crippen LogP contribution >= 0.6 is 0 Å². The fourth-order valence-corrected chi connectivity index (χ4v) is 1.89. The van der Waals surface area contributed by atoms with Crippen molar-refractivity contribution >= 4 is 5.82 Å². The summed E-state index contributed by atoms with van der Waals surface area (Å²) in [5.41, 5.74) is 7.64. The summed E-state index contributed by atoms with van der Waals surface area (Å²) < 4.78 is 15.2. The second kappa shape index (κ2) is 4.33. The van der Waals surface area contributed by atoms with Crippen LogP contribution in [0.2, 0.25) is 0 Å². The molecule has 96 valence electrons. The van der Waals surface area contributed by atoms with Crippen LogP contribution < -0.4 is 11.6 Å². The van der Waals surface area contributed by atoms with Crippen molar-refractivity contribution in [1.82, 2.24) is 9.66 Å². The lowest BCUT2D eigenvalue weighted by Crippen LogP contribution is -2.16. The van der Waals surface area contributed by atoms with Crippen LogP contribution in [0.3, 0.4) is 0 Å². The van der Waals surface area contributed by atoms with Crippen molar-refractivity contribution in [2.45, 2.75) is 26.7 Å². The molecule has 0 atom stereocenters. The van der Waals surface area contributed by atoms with E-state index in [1.165, 1.54) is 10.7 Å². The van der Waals surface area contributed by atoms with Gasteiger partial charge in [0.15, 0.2) is 5.82 Å². The molecule has 0 saturated heterocycles. The zero-order chi connectivity index (χ0) is 13.4. The lowest BCUT2D eigenvalue weighted by atomic mass is 10.1. The van der Waals surface area contributed by atoms with Gasteiger partial charge in [-0.3, -0.25) is 0 Å². The topological polar surface area (TPSA) is 69.9 Å². The molecule has 2 rings (SSSR count). The summed E-state index contributed by atoms with van der Waals surface area (Å²) in [5, 5.41) is 0. The van der Waals surface area contributed by atoms with Crippen molar-refractivity contribution in [1.29, 1.82) is 0 Å². The van der Waals surface area contributed by atoms with E-state index in [0.717, 1.165) is 5.56 Å². The average molecular weight is 248 g/mol. The number of hydrogen-bond donors (Lipinski definition) is 2. The predicted octanol–water partition coefficient (Wildman–Crippen LogP) is 2.42. The normalized spacial score (nSPS) is 11.2. The summed E-state index contributed by atoms with van der Waals surface area (Å²) in [5.74, 6) is 6.54. The Bertz CT molecular complexity index is 587. The number of aromatic nitrogens is 2. The van der Waals surface area contributed by atoms with E-state index in [-0.39, 0.29) is 17.6 Å². The van der Waals surface area contributed by atoms with E-state index < -0.39 is 0 Å². The van der Waals surface area contributed by atoms with E-state index in [9.17, 15) is 4.39 Å². The number of rotatable bonds is 2. The van der Waals surface area contributed by atoms with Crippen LogP contribution in [-0.2, 0) is 0 Å². The quantitative estimate of drug-likeness (QED) is 0.802. The smallest absolute Gasteiger partial charge is 0.150 e. The third-order valence-corrected chi connectivity index (χ3v) is 2.87. The van der Waals surface area contributed by atoms with Crippen LogP contribution in [0.5, 0.6) is 0 Å². The number of benzene rings is 1. The minimum Gasteiger partial charge on any atom is -0.382 e. The fourth-order valence-electron chi connectivity index (χ4n) is 1.89. The van der Waals surface area contributed by atoms with Gasteiger partial charge in [-0.05, 0) is 19.1 Å². The van der Waals surface area contributed by atoms with Crippen molar-refractivity contribution in [2.24, 2.45) is 0 Å². The van der Waals surface area contributed by atoms with E-state index in [1.54, 1.807) is 12.1 Å². The number of aryl methyl sites for hydroxylation is 1. The van der Waals surface area contributed by atoms with Gasteiger partial charge in [0, 0.05) is 11.5 Å². The highest BCUT2D eigenvalue weighted by molar-refractivity contribution is 5.72. The molecule has 1 aromatic heterocycles. The molecule has 5 heteroatoms. The molecular weight excluding hydrogens is 231 g/mol. The lowest BCUT2D eigenvalue weighted by Gasteiger charge is -2.04. The molecule has 18 heavy (non-hydrogen) atoms. The number of anilines is 1. The maximum atomic E-state index is 13.8. The number of hydrogen-bond acceptors (Lipinski definition) is 3. The first-order valence-corrected chi connectivity index (χ1v) is 5.81. The molecule has 1 heterocycles. The molecule has 0 unspecified atom stereocenters. The third kappa shape index (κ3) is 1.92. The van der Waals surface area contributed by atoms with Gasteiger partial charge in [-0.2, -0.15) is 0 Å². The van der Waals surface area contributed by atoms with Gasteiger partial charge in [-0.1, -0.05) is 25.5 Å². The molecule has 0 saturated carbocycles. The predicted molar refractivity (Wildman–Crippen MR) is 71.0 cm³/mol. The van der Waals surface area contributed by atoms with Crippen LogP contribution in [0.25, 0.3) is 11.3 Å². The molecule has 2 aromatic rings. The lowest BCUT2D eigenvalue weighted by molar-refractivity contribution is 0.630. The third-order valence-electron chi connectivity index (χ3n) is 2.87. The monoisotopic (exact) mass is 248 g/mol. The highest BCUT2D eigenvalue weighted by Crippen LogP contribution is 2.30. The van der Waals surface area contributed by atoms with Crippen LogP contribution in [0.15, 0.2) is 18.2 Å². The van der Waals surface area contributed by atoms with Gasteiger partial charge >= 0.3 is 0 Å². The molecule has 0 aliphatic carbocycles. The molecular formula is C13H17FN4. The Morgan fingerprint density at radius 2 is 2.00 bits per heavy atom. The van der Waals surface area contributed by atoms with Gasteiger partial charge < -0.3 is 11.6 Å². The van der Waals surface area contributed by atoms with Gasteiger partial charge in [-0.25, -0.2) is 14.1 Å². The van der Waals surface area contributed by atoms with E-state index in [0.29, 0.717) is 17.1 Å². The Labute approximate surface area is 105 Å². The molecule has 0 aliphatic rings. The van der Waals surface area contributed by atoms with Crippen molar-refractivity contribution in [3.63, 3.8) is 0 Å². The van der Waals surface area contributed by atoms with Crippen LogP contribution in [0.4, 0.5) is 10.2 Å². The Balaban J connectivity index is 2.64. The maximum Gasteiger partial charge on any atom is 0.150 e. The maximum absolute atomic E-state index is 13.8. The van der Waals surface area contributed by atoms with Gasteiger partial charge in [0.1, 0.15) is 17.3 Å². The van der Waals surface area contributed by atoms with E-state index in [1.807, 2.05) is 20.8 Å². The van der Waals surface area contributed by atoms with E-state index in [4.69, 9.17) is 11.6 Å².